The average Bonchev–Trinajstić information content (AvgIpc) is 2.16. The van der Waals surface area contributed by atoms with Crippen LogP contribution in [-0.2, 0) is 14.2 Å². The Morgan fingerprint density at radius 2 is 2.00 bits per heavy atom. The van der Waals surface area contributed by atoms with Gasteiger partial charge >= 0.3 is 6.23 Å². The quantitative estimate of drug-likeness (QED) is 0.674. The van der Waals surface area contributed by atoms with Crippen LogP contribution in [0, 0.1) is 4.91 Å². The number of halogens is 1. The first kappa shape index (κ1) is 11.0. The van der Waals surface area contributed by atoms with Crippen LogP contribution in [0.15, 0.2) is 22.8 Å². The van der Waals surface area contributed by atoms with E-state index in [1.54, 1.807) is 0 Å². The first-order valence-corrected chi connectivity index (χ1v) is 4.21. The lowest BCUT2D eigenvalue weighted by Crippen LogP contribution is -2.30. The first-order chi connectivity index (χ1) is 6.65. The van der Waals surface area contributed by atoms with Gasteiger partial charge in [-0.2, -0.15) is 0 Å². The van der Waals surface area contributed by atoms with Gasteiger partial charge in [-0.1, -0.05) is 11.6 Å². The minimum atomic E-state index is -0.850. The van der Waals surface area contributed by atoms with Crippen LogP contribution >= 0.6 is 11.6 Å². The summed E-state index contributed by atoms with van der Waals surface area (Å²) in [5.41, 5.74) is 0. The Hall–Kier alpha value is -1.07. The molecule has 0 aromatic rings. The second kappa shape index (κ2) is 4.43. The summed E-state index contributed by atoms with van der Waals surface area (Å²) in [5, 5.41) is 0.188. The highest BCUT2D eigenvalue weighted by Gasteiger charge is 2.39. The van der Waals surface area contributed by atoms with Crippen molar-refractivity contribution in [2.75, 3.05) is 21.3 Å². The molecule has 6 heteroatoms. The van der Waals surface area contributed by atoms with Gasteiger partial charge in [0.2, 0.25) is 12.0 Å². The molecule has 78 valence electrons. The van der Waals surface area contributed by atoms with Crippen LogP contribution in [0.1, 0.15) is 0 Å². The first-order valence-electron chi connectivity index (χ1n) is 3.83. The molecule has 1 aliphatic rings. The Morgan fingerprint density at radius 3 is 2.43 bits per heavy atom. The maximum absolute atomic E-state index is 11.3. The fourth-order valence-electron chi connectivity index (χ4n) is 1.19. The van der Waals surface area contributed by atoms with Crippen molar-refractivity contribution in [1.82, 2.24) is 0 Å². The molecule has 1 unspecified atom stereocenters. The number of nitroso groups, excluding NO2 is 1. The van der Waals surface area contributed by atoms with E-state index in [0.29, 0.717) is 10.5 Å². The summed E-state index contributed by atoms with van der Waals surface area (Å²) in [6.07, 6.45) is 0.328. The van der Waals surface area contributed by atoms with Gasteiger partial charge in [-0.3, -0.25) is 0 Å². The third-order valence-corrected chi connectivity index (χ3v) is 2.05. The summed E-state index contributed by atoms with van der Waals surface area (Å²) in [4.78, 5) is 11.3. The average molecular weight is 221 g/mol. The summed E-state index contributed by atoms with van der Waals surface area (Å²) in [6.45, 7) is 0. The number of allylic oxidation sites excluding steroid dienone is 1. The third kappa shape index (κ3) is 1.73. The van der Waals surface area contributed by atoms with E-state index >= 15 is 0 Å². The van der Waals surface area contributed by atoms with Crippen LogP contribution in [0.2, 0.25) is 0 Å². The van der Waals surface area contributed by atoms with Crippen LogP contribution in [0.3, 0.4) is 0 Å². The van der Waals surface area contributed by atoms with E-state index in [4.69, 9.17) is 25.8 Å². The largest absolute Gasteiger partial charge is 0.491 e. The molecule has 1 aliphatic heterocycles. The van der Waals surface area contributed by atoms with Crippen LogP contribution in [0.25, 0.3) is 0 Å². The summed E-state index contributed by atoms with van der Waals surface area (Å²) in [7, 11) is 4.26. The Morgan fingerprint density at radius 1 is 1.36 bits per heavy atom. The highest BCUT2D eigenvalue weighted by molar-refractivity contribution is 6.31. The van der Waals surface area contributed by atoms with E-state index in [0.717, 1.165) is 0 Å². The molecule has 0 saturated carbocycles. The molecular weight excluding hydrogens is 210 g/mol. The molecule has 14 heavy (non-hydrogen) atoms. The predicted octanol–water partition coefficient (Wildman–Crippen LogP) is 1.34. The topological polar surface area (TPSA) is 47.8 Å². The number of rotatable bonds is 3. The summed E-state index contributed by atoms with van der Waals surface area (Å²) >= 11 is 5.77. The minimum Gasteiger partial charge on any atom is -0.491 e. The van der Waals surface area contributed by atoms with Gasteiger partial charge in [-0.25, -0.2) is 0 Å². The molecule has 1 rings (SSSR count). The summed E-state index contributed by atoms with van der Waals surface area (Å²) < 4.78 is 15.5. The van der Waals surface area contributed by atoms with Crippen LogP contribution in [-0.4, -0.2) is 32.3 Å². The van der Waals surface area contributed by atoms with Gasteiger partial charge in [0.25, 0.3) is 0 Å². The van der Waals surface area contributed by atoms with E-state index in [9.17, 15) is 4.91 Å². The molecule has 0 amide bonds. The molecule has 1 atom stereocenters. The number of hydrogen-bond donors (Lipinski definition) is 0. The molecule has 0 radical (unpaired) electrons. The maximum atomic E-state index is 11.3. The standard InChI is InChI=1S/C8H11ClNO4/c1-12-6-5(9)4-10(11)8(14-3)7(6)13-2/h4,8H,1-3H3/q+1. The van der Waals surface area contributed by atoms with E-state index in [-0.39, 0.29) is 10.8 Å². The normalized spacial score (nSPS) is 22.1. The zero-order valence-corrected chi connectivity index (χ0v) is 8.87. The Bertz CT molecular complexity index is 310. The molecule has 1 heterocycles. The highest BCUT2D eigenvalue weighted by atomic mass is 35.5. The van der Waals surface area contributed by atoms with Gasteiger partial charge < -0.3 is 14.2 Å². The lowest BCUT2D eigenvalue weighted by Gasteiger charge is -2.16. The van der Waals surface area contributed by atoms with Crippen molar-refractivity contribution in [2.24, 2.45) is 0 Å². The van der Waals surface area contributed by atoms with Gasteiger partial charge in [0.1, 0.15) is 0 Å². The van der Waals surface area contributed by atoms with Gasteiger partial charge in [0, 0.05) is 12.0 Å². The lowest BCUT2D eigenvalue weighted by molar-refractivity contribution is -0.568. The second-order valence-corrected chi connectivity index (χ2v) is 2.93. The summed E-state index contributed by atoms with van der Waals surface area (Å²) in [6, 6.07) is 0. The summed E-state index contributed by atoms with van der Waals surface area (Å²) in [5.74, 6) is 0.575. The zero-order valence-electron chi connectivity index (χ0n) is 8.11. The molecule has 0 bridgehead atoms. The monoisotopic (exact) mass is 220 g/mol. The van der Waals surface area contributed by atoms with Gasteiger partial charge in [0.05, 0.1) is 19.0 Å². The third-order valence-electron chi connectivity index (χ3n) is 1.78. The van der Waals surface area contributed by atoms with Crippen molar-refractivity contribution in [1.29, 1.82) is 0 Å². The predicted molar refractivity (Wildman–Crippen MR) is 49.4 cm³/mol. The molecule has 0 spiro atoms. The molecule has 0 fully saturated rings. The lowest BCUT2D eigenvalue weighted by atomic mass is 10.3. The molecule has 5 nitrogen and oxygen atoms in total. The van der Waals surface area contributed by atoms with Crippen molar-refractivity contribution < 1.29 is 19.0 Å². The zero-order chi connectivity index (χ0) is 10.7. The number of ether oxygens (including phenoxy) is 3. The molecule has 0 aliphatic carbocycles. The number of nitrogens with zero attached hydrogens (tertiary/aromatic N) is 1. The van der Waals surface area contributed by atoms with Gasteiger partial charge in [0.15, 0.2) is 10.8 Å². The van der Waals surface area contributed by atoms with Crippen molar-refractivity contribution in [3.63, 3.8) is 0 Å². The van der Waals surface area contributed by atoms with Crippen LogP contribution < -0.4 is 0 Å². The second-order valence-electron chi connectivity index (χ2n) is 2.53. The maximum Gasteiger partial charge on any atom is 0.372 e. The van der Waals surface area contributed by atoms with E-state index in [2.05, 4.69) is 0 Å². The SMILES string of the molecule is COC1=C(OC)C(OC)[N+](=O)C=C1Cl. The molecule has 0 N–H and O–H groups in total. The molecule has 0 aromatic carbocycles. The fraction of sp³-hybridized carbons (Fsp3) is 0.500. The van der Waals surface area contributed by atoms with Crippen molar-refractivity contribution in [2.45, 2.75) is 6.23 Å². The van der Waals surface area contributed by atoms with Crippen molar-refractivity contribution in [3.05, 3.63) is 27.7 Å². The van der Waals surface area contributed by atoms with Crippen molar-refractivity contribution >= 4 is 11.6 Å². The van der Waals surface area contributed by atoms with E-state index in [1.807, 2.05) is 0 Å². The number of hydrogen-bond acceptors (Lipinski definition) is 4. The Labute approximate surface area is 86.5 Å². The molecular formula is C8H11ClNO4+. The van der Waals surface area contributed by atoms with Gasteiger partial charge in [-0.05, 0) is 0 Å². The molecule has 0 saturated heterocycles. The highest BCUT2D eigenvalue weighted by Crippen LogP contribution is 2.28. The van der Waals surface area contributed by atoms with E-state index < -0.39 is 6.23 Å². The van der Waals surface area contributed by atoms with Gasteiger partial charge in [-0.15, -0.1) is 0 Å². The fourth-order valence-corrected chi connectivity index (χ4v) is 1.45. The van der Waals surface area contributed by atoms with Crippen LogP contribution in [0.5, 0.6) is 0 Å². The minimum absolute atomic E-state index is 0.188. The van der Waals surface area contributed by atoms with Crippen molar-refractivity contribution in [3.8, 4) is 0 Å². The molecule has 0 aromatic heterocycles. The number of methoxy groups -OCH3 is 3. The van der Waals surface area contributed by atoms with E-state index in [1.165, 1.54) is 27.5 Å². The smallest absolute Gasteiger partial charge is 0.372 e. The Balaban J connectivity index is 3.16. The van der Waals surface area contributed by atoms with Crippen LogP contribution in [0.4, 0.5) is 0 Å². The Kier molecular flexibility index (Phi) is 3.49.